The van der Waals surface area contributed by atoms with E-state index in [9.17, 15) is 0 Å². The molecule has 0 atom stereocenters. The molecule has 0 amide bonds. The average molecular weight is 149 g/mol. The Hall–Kier alpha value is 0.936. The number of rotatable bonds is 0. The van der Waals surface area contributed by atoms with Gasteiger partial charge in [0.1, 0.15) is 0 Å². The van der Waals surface area contributed by atoms with Crippen molar-refractivity contribution in [3.05, 3.63) is 6.66 Å². The molecule has 0 saturated carbocycles. The minimum absolute atomic E-state index is 0. The fraction of sp³-hybridized carbons (Fsp3) is 0.750. The van der Waals surface area contributed by atoms with E-state index in [1.165, 1.54) is 0 Å². The van der Waals surface area contributed by atoms with Crippen molar-refractivity contribution in [2.75, 3.05) is 20.0 Å². The number of hydrogen-bond acceptors (Lipinski definition) is 0. The number of hydrogen-bond donors (Lipinski definition) is 0. The SMILES string of the molecule is [CH2-][P+](C)(C)C.[Co]. The van der Waals surface area contributed by atoms with Gasteiger partial charge in [-0.25, -0.2) is 0 Å². The standard InChI is InChI=1S/C4H11P.Co/c1-5(2,3)4;/h1H2,2-4H3;. The monoisotopic (exact) mass is 149 g/mol. The van der Waals surface area contributed by atoms with Gasteiger partial charge < -0.3 is 0 Å². The Kier molecular flexibility index (Phi) is 5.03. The summed E-state index contributed by atoms with van der Waals surface area (Å²) in [4.78, 5) is 0. The Bertz CT molecular complexity index is 23.0. The third-order valence-electron chi connectivity index (χ3n) is 0. The van der Waals surface area contributed by atoms with Gasteiger partial charge in [-0.3, -0.25) is 0 Å². The van der Waals surface area contributed by atoms with Gasteiger partial charge in [0, 0.05) is 36.8 Å². The zero-order chi connectivity index (χ0) is 4.50. The summed E-state index contributed by atoms with van der Waals surface area (Å²) >= 11 is 0. The van der Waals surface area contributed by atoms with Crippen LogP contribution in [0.25, 0.3) is 0 Å². The van der Waals surface area contributed by atoms with E-state index in [-0.39, 0.29) is 16.8 Å². The van der Waals surface area contributed by atoms with Crippen LogP contribution in [0.5, 0.6) is 0 Å². The van der Waals surface area contributed by atoms with Gasteiger partial charge in [0.05, 0.1) is 0 Å². The van der Waals surface area contributed by atoms with E-state index in [0.717, 1.165) is 0 Å². The van der Waals surface area contributed by atoms with Crippen molar-refractivity contribution in [1.82, 2.24) is 0 Å². The molecule has 0 N–H and O–H groups in total. The Balaban J connectivity index is 0. The molecular formula is C4H11CoP. The Morgan fingerprint density at radius 1 is 1.17 bits per heavy atom. The van der Waals surface area contributed by atoms with E-state index in [0.29, 0.717) is 0 Å². The maximum absolute atomic E-state index is 3.88. The van der Waals surface area contributed by atoms with Crippen molar-refractivity contribution in [3.63, 3.8) is 0 Å². The van der Waals surface area contributed by atoms with E-state index in [1.807, 2.05) is 0 Å². The molecule has 0 saturated heterocycles. The topological polar surface area (TPSA) is 0 Å². The molecule has 0 spiro atoms. The molecule has 0 aromatic heterocycles. The van der Waals surface area contributed by atoms with Crippen LogP contribution in [0.2, 0.25) is 0 Å². The molecule has 0 aromatic rings. The van der Waals surface area contributed by atoms with E-state index in [4.69, 9.17) is 0 Å². The Morgan fingerprint density at radius 2 is 1.17 bits per heavy atom. The van der Waals surface area contributed by atoms with E-state index < -0.39 is 7.26 Å². The summed E-state index contributed by atoms with van der Waals surface area (Å²) in [5, 5.41) is 0. The molecule has 0 nitrogen and oxygen atoms in total. The van der Waals surface area contributed by atoms with Crippen LogP contribution in [-0.4, -0.2) is 20.0 Å². The van der Waals surface area contributed by atoms with Crippen LogP contribution in [0.15, 0.2) is 0 Å². The smallest absolute Gasteiger partial charge is 0.0215 e. The first-order valence-electron chi connectivity index (χ1n) is 1.66. The van der Waals surface area contributed by atoms with Gasteiger partial charge in [-0.15, -0.1) is 7.26 Å². The Morgan fingerprint density at radius 3 is 1.17 bits per heavy atom. The van der Waals surface area contributed by atoms with Gasteiger partial charge in [-0.05, 0) is 0 Å². The molecule has 2 heteroatoms. The fourth-order valence-electron chi connectivity index (χ4n) is 0. The second-order valence-electron chi connectivity index (χ2n) is 2.29. The third kappa shape index (κ3) is 87.2. The molecule has 0 bridgehead atoms. The molecule has 0 fully saturated rings. The average Bonchev–Trinajstić information content (AvgIpc) is 0.722. The predicted octanol–water partition coefficient (Wildman–Crippen LogP) is 1.68. The second-order valence-corrected chi connectivity index (χ2v) is 6.87. The van der Waals surface area contributed by atoms with Crippen LogP contribution < -0.4 is 0 Å². The van der Waals surface area contributed by atoms with E-state index in [1.54, 1.807) is 0 Å². The minimum Gasteiger partial charge on any atom is -0.181 e. The van der Waals surface area contributed by atoms with E-state index in [2.05, 4.69) is 26.7 Å². The van der Waals surface area contributed by atoms with Crippen LogP contribution >= 0.6 is 7.26 Å². The van der Waals surface area contributed by atoms with Crippen LogP contribution in [0.1, 0.15) is 0 Å². The van der Waals surface area contributed by atoms with Crippen molar-refractivity contribution in [2.24, 2.45) is 0 Å². The molecule has 0 aliphatic rings. The third-order valence-corrected chi connectivity index (χ3v) is 0. The van der Waals surface area contributed by atoms with Crippen LogP contribution in [-0.2, 0) is 16.8 Å². The molecular weight excluding hydrogens is 138 g/mol. The van der Waals surface area contributed by atoms with Crippen molar-refractivity contribution < 1.29 is 16.8 Å². The van der Waals surface area contributed by atoms with Crippen molar-refractivity contribution in [2.45, 2.75) is 0 Å². The summed E-state index contributed by atoms with van der Waals surface area (Å²) in [6.45, 7) is 10.4. The quantitative estimate of drug-likeness (QED) is 0.363. The predicted molar refractivity (Wildman–Crippen MR) is 30.0 cm³/mol. The first kappa shape index (κ1) is 10.0. The zero-order valence-electron chi connectivity index (χ0n) is 4.49. The molecule has 0 aliphatic carbocycles. The molecule has 0 aromatic carbocycles. The summed E-state index contributed by atoms with van der Waals surface area (Å²) in [6, 6.07) is 0. The molecule has 6 heavy (non-hydrogen) atoms. The summed E-state index contributed by atoms with van der Waals surface area (Å²) in [6.07, 6.45) is 0. The van der Waals surface area contributed by atoms with E-state index >= 15 is 0 Å². The van der Waals surface area contributed by atoms with Gasteiger partial charge in [0.15, 0.2) is 0 Å². The molecule has 1 radical (unpaired) electrons. The maximum Gasteiger partial charge on any atom is 0.0215 e. The van der Waals surface area contributed by atoms with Gasteiger partial charge >= 0.3 is 0 Å². The first-order valence-corrected chi connectivity index (χ1v) is 4.97. The van der Waals surface area contributed by atoms with Crippen molar-refractivity contribution >= 4 is 7.26 Å². The summed E-state index contributed by atoms with van der Waals surface area (Å²) in [5.74, 6) is 0. The second kappa shape index (κ2) is 3.01. The molecule has 0 rings (SSSR count). The molecule has 0 unspecified atom stereocenters. The van der Waals surface area contributed by atoms with Gasteiger partial charge in [0.25, 0.3) is 0 Å². The summed E-state index contributed by atoms with van der Waals surface area (Å²) in [5.41, 5.74) is 0. The molecule has 41 valence electrons. The minimum atomic E-state index is -0.639. The van der Waals surface area contributed by atoms with Crippen molar-refractivity contribution in [3.8, 4) is 0 Å². The van der Waals surface area contributed by atoms with Crippen molar-refractivity contribution in [1.29, 1.82) is 0 Å². The Labute approximate surface area is 51.2 Å². The van der Waals surface area contributed by atoms with Gasteiger partial charge in [0.2, 0.25) is 0 Å². The fourth-order valence-corrected chi connectivity index (χ4v) is 0. The van der Waals surface area contributed by atoms with Crippen LogP contribution in [0, 0.1) is 6.66 Å². The molecule has 0 heterocycles. The normalized spacial score (nSPS) is 10.0. The zero-order valence-corrected chi connectivity index (χ0v) is 6.42. The van der Waals surface area contributed by atoms with Crippen LogP contribution in [0.3, 0.4) is 0 Å². The summed E-state index contributed by atoms with van der Waals surface area (Å²) in [7, 11) is -0.639. The maximum atomic E-state index is 3.88. The largest absolute Gasteiger partial charge is 0.181 e. The van der Waals surface area contributed by atoms with Gasteiger partial charge in [-0.1, -0.05) is 0 Å². The molecule has 0 aliphatic heterocycles. The first-order chi connectivity index (χ1) is 2.00. The van der Waals surface area contributed by atoms with Gasteiger partial charge in [-0.2, -0.15) is 6.66 Å². The summed E-state index contributed by atoms with van der Waals surface area (Å²) < 4.78 is 0. The van der Waals surface area contributed by atoms with Crippen LogP contribution in [0.4, 0.5) is 0 Å².